The van der Waals surface area contributed by atoms with E-state index < -0.39 is 10.9 Å². The molecule has 7 heteroatoms. The van der Waals surface area contributed by atoms with Crippen molar-refractivity contribution in [1.29, 1.82) is 0 Å². The summed E-state index contributed by atoms with van der Waals surface area (Å²) in [6.45, 7) is 3.53. The fraction of sp³-hybridized carbons (Fsp3) is 0.381. The predicted molar refractivity (Wildman–Crippen MR) is 109 cm³/mol. The normalized spacial score (nSPS) is 14.8. The largest absolute Gasteiger partial charge is 0.469 e. The Morgan fingerprint density at radius 3 is 2.61 bits per heavy atom. The lowest BCUT2D eigenvalue weighted by Gasteiger charge is -2.35. The summed E-state index contributed by atoms with van der Waals surface area (Å²) in [5, 5.41) is 12.2. The third kappa shape index (κ3) is 4.28. The molecule has 0 radical (unpaired) electrons. The molecule has 1 aliphatic heterocycles. The van der Waals surface area contributed by atoms with Crippen molar-refractivity contribution in [2.75, 3.05) is 25.1 Å². The number of methoxy groups -OCH3 is 1. The highest BCUT2D eigenvalue weighted by atomic mass is 35.5. The van der Waals surface area contributed by atoms with Crippen LogP contribution in [0.4, 0.5) is 11.4 Å². The number of benzene rings is 2. The van der Waals surface area contributed by atoms with Crippen molar-refractivity contribution in [2.45, 2.75) is 32.1 Å². The number of aryl methyl sites for hydroxylation is 1. The molecule has 2 aromatic rings. The van der Waals surface area contributed by atoms with Crippen LogP contribution in [0.25, 0.3) is 0 Å². The quantitative estimate of drug-likeness (QED) is 0.413. The van der Waals surface area contributed by atoms with E-state index in [1.807, 2.05) is 19.1 Å². The van der Waals surface area contributed by atoms with Gasteiger partial charge in [-0.3, -0.25) is 14.9 Å². The highest BCUT2D eigenvalue weighted by molar-refractivity contribution is 6.31. The van der Waals surface area contributed by atoms with Gasteiger partial charge in [0.2, 0.25) is 0 Å². The minimum absolute atomic E-state index is 0.0432. The molecule has 0 aromatic heterocycles. The number of halogens is 1. The van der Waals surface area contributed by atoms with Gasteiger partial charge in [0.25, 0.3) is 5.69 Å². The number of nitrogens with zero attached hydrogens (tertiary/aromatic N) is 2. The van der Waals surface area contributed by atoms with Gasteiger partial charge in [0.05, 0.1) is 24.0 Å². The zero-order chi connectivity index (χ0) is 20.3. The standard InChI is InChI=1S/C21H23ClN2O4/c1-14-12-16(6-7-18(14)22)15-8-10-23(11-9-15)19-4-3-5-20(24(26)27)17(19)13-21(25)28-2/h3-7,12,15H,8-11,13H2,1-2H3. The van der Waals surface area contributed by atoms with Gasteiger partial charge in [0.15, 0.2) is 0 Å². The summed E-state index contributed by atoms with van der Waals surface area (Å²) < 4.78 is 4.74. The minimum atomic E-state index is -0.484. The summed E-state index contributed by atoms with van der Waals surface area (Å²) >= 11 is 6.13. The second kappa shape index (κ2) is 8.61. The molecule has 148 valence electrons. The monoisotopic (exact) mass is 402 g/mol. The SMILES string of the molecule is COC(=O)Cc1c(N2CCC(c3ccc(Cl)c(C)c3)CC2)cccc1[N+](=O)[O-]. The Bertz CT molecular complexity index is 892. The number of carbonyl (C=O) groups excluding carboxylic acids is 1. The molecule has 28 heavy (non-hydrogen) atoms. The molecule has 0 unspecified atom stereocenters. The van der Waals surface area contributed by atoms with Crippen molar-refractivity contribution >= 4 is 28.9 Å². The molecule has 1 heterocycles. The molecule has 0 N–H and O–H groups in total. The van der Waals surface area contributed by atoms with Crippen LogP contribution in [0.3, 0.4) is 0 Å². The first-order valence-corrected chi connectivity index (χ1v) is 9.62. The van der Waals surface area contributed by atoms with Crippen molar-refractivity contribution in [3.05, 3.63) is 68.2 Å². The average molecular weight is 403 g/mol. The molecule has 0 amide bonds. The number of hydrogen-bond donors (Lipinski definition) is 0. The van der Waals surface area contributed by atoms with E-state index in [1.165, 1.54) is 18.7 Å². The number of nitro benzene ring substituents is 1. The molecule has 0 saturated carbocycles. The van der Waals surface area contributed by atoms with E-state index in [0.717, 1.165) is 42.2 Å². The Hall–Kier alpha value is -2.60. The van der Waals surface area contributed by atoms with E-state index in [9.17, 15) is 14.9 Å². The number of carbonyl (C=O) groups is 1. The first-order chi connectivity index (χ1) is 13.4. The second-order valence-electron chi connectivity index (χ2n) is 7.05. The van der Waals surface area contributed by atoms with Crippen LogP contribution in [0, 0.1) is 17.0 Å². The molecular formula is C21H23ClN2O4. The van der Waals surface area contributed by atoms with Gasteiger partial charge < -0.3 is 9.64 Å². The van der Waals surface area contributed by atoms with Gasteiger partial charge >= 0.3 is 5.97 Å². The molecule has 1 aliphatic rings. The van der Waals surface area contributed by atoms with Crippen LogP contribution in [0.15, 0.2) is 36.4 Å². The number of esters is 1. The molecule has 0 atom stereocenters. The van der Waals surface area contributed by atoms with Gasteiger partial charge in [0.1, 0.15) is 0 Å². The third-order valence-electron chi connectivity index (χ3n) is 5.36. The van der Waals surface area contributed by atoms with Gasteiger partial charge in [-0.05, 0) is 48.9 Å². The van der Waals surface area contributed by atoms with Crippen LogP contribution in [0.1, 0.15) is 35.4 Å². The predicted octanol–water partition coefficient (Wildman–Crippen LogP) is 4.66. The zero-order valence-electron chi connectivity index (χ0n) is 16.0. The smallest absolute Gasteiger partial charge is 0.310 e. The van der Waals surface area contributed by atoms with Crippen LogP contribution in [0.5, 0.6) is 0 Å². The fourth-order valence-corrected chi connectivity index (χ4v) is 3.92. The summed E-state index contributed by atoms with van der Waals surface area (Å²) in [5.41, 5.74) is 3.46. The number of nitro groups is 1. The van der Waals surface area contributed by atoms with Crippen molar-refractivity contribution in [3.63, 3.8) is 0 Å². The molecule has 0 aliphatic carbocycles. The van der Waals surface area contributed by atoms with Crippen LogP contribution >= 0.6 is 11.6 Å². The van der Waals surface area contributed by atoms with Gasteiger partial charge in [-0.25, -0.2) is 0 Å². The number of ether oxygens (including phenoxy) is 1. The molecular weight excluding hydrogens is 380 g/mol. The van der Waals surface area contributed by atoms with Crippen molar-refractivity contribution in [2.24, 2.45) is 0 Å². The molecule has 3 rings (SSSR count). The van der Waals surface area contributed by atoms with E-state index in [1.54, 1.807) is 6.07 Å². The highest BCUT2D eigenvalue weighted by Gasteiger charge is 2.27. The molecule has 1 fully saturated rings. The Balaban J connectivity index is 1.81. The Morgan fingerprint density at radius 1 is 1.29 bits per heavy atom. The summed E-state index contributed by atoms with van der Waals surface area (Å²) in [6.07, 6.45) is 1.75. The first kappa shape index (κ1) is 20.1. The molecule has 6 nitrogen and oxygen atoms in total. The van der Waals surface area contributed by atoms with Crippen molar-refractivity contribution in [1.82, 2.24) is 0 Å². The number of hydrogen-bond acceptors (Lipinski definition) is 5. The lowest BCUT2D eigenvalue weighted by atomic mass is 9.88. The molecule has 1 saturated heterocycles. The Labute approximate surface area is 169 Å². The number of anilines is 1. The minimum Gasteiger partial charge on any atom is -0.469 e. The van der Waals surface area contributed by atoms with Crippen LogP contribution in [-0.4, -0.2) is 31.1 Å². The van der Waals surface area contributed by atoms with E-state index in [4.69, 9.17) is 16.3 Å². The van der Waals surface area contributed by atoms with Gasteiger partial charge in [-0.15, -0.1) is 0 Å². The van der Waals surface area contributed by atoms with Crippen molar-refractivity contribution in [3.8, 4) is 0 Å². The lowest BCUT2D eigenvalue weighted by Crippen LogP contribution is -2.34. The topological polar surface area (TPSA) is 72.7 Å². The van der Waals surface area contributed by atoms with Crippen LogP contribution < -0.4 is 4.90 Å². The fourth-order valence-electron chi connectivity index (χ4n) is 3.80. The van der Waals surface area contributed by atoms with Crippen molar-refractivity contribution < 1.29 is 14.5 Å². The van der Waals surface area contributed by atoms with E-state index in [0.29, 0.717) is 11.5 Å². The number of rotatable bonds is 5. The van der Waals surface area contributed by atoms with Crippen LogP contribution in [-0.2, 0) is 16.0 Å². The summed E-state index contributed by atoms with van der Waals surface area (Å²) in [6, 6.07) is 11.1. The zero-order valence-corrected chi connectivity index (χ0v) is 16.7. The highest BCUT2D eigenvalue weighted by Crippen LogP contribution is 2.36. The Kier molecular flexibility index (Phi) is 6.19. The molecule has 0 bridgehead atoms. The summed E-state index contributed by atoms with van der Waals surface area (Å²) in [7, 11) is 1.29. The van der Waals surface area contributed by atoms with Gasteiger partial charge in [-0.1, -0.05) is 29.8 Å². The Morgan fingerprint density at radius 2 is 2.00 bits per heavy atom. The lowest BCUT2D eigenvalue weighted by molar-refractivity contribution is -0.385. The van der Waals surface area contributed by atoms with E-state index >= 15 is 0 Å². The first-order valence-electron chi connectivity index (χ1n) is 9.24. The summed E-state index contributed by atoms with van der Waals surface area (Å²) in [5.74, 6) is -0.0583. The molecule has 2 aromatic carbocycles. The average Bonchev–Trinajstić information content (AvgIpc) is 2.70. The number of piperidine rings is 1. The van der Waals surface area contributed by atoms with Crippen LogP contribution in [0.2, 0.25) is 5.02 Å². The summed E-state index contributed by atoms with van der Waals surface area (Å²) in [4.78, 5) is 25.0. The van der Waals surface area contributed by atoms with E-state index in [-0.39, 0.29) is 12.1 Å². The second-order valence-corrected chi connectivity index (χ2v) is 7.46. The third-order valence-corrected chi connectivity index (χ3v) is 5.79. The van der Waals surface area contributed by atoms with Gasteiger partial charge in [-0.2, -0.15) is 0 Å². The maximum Gasteiger partial charge on any atom is 0.310 e. The van der Waals surface area contributed by atoms with E-state index in [2.05, 4.69) is 17.0 Å². The van der Waals surface area contributed by atoms with Gasteiger partial charge in [0, 0.05) is 29.9 Å². The maximum absolute atomic E-state index is 11.8. The maximum atomic E-state index is 11.8. The molecule has 0 spiro atoms.